The lowest BCUT2D eigenvalue weighted by molar-refractivity contribution is 0.0497. The summed E-state index contributed by atoms with van der Waals surface area (Å²) in [6.45, 7) is 2.43. The van der Waals surface area contributed by atoms with E-state index in [-0.39, 0.29) is 0 Å². The van der Waals surface area contributed by atoms with Crippen molar-refractivity contribution in [3.8, 4) is 5.75 Å². The Labute approximate surface area is 95.4 Å². The van der Waals surface area contributed by atoms with E-state index in [1.54, 1.807) is 12.1 Å². The van der Waals surface area contributed by atoms with Crippen molar-refractivity contribution in [3.63, 3.8) is 0 Å². The number of aldehydes is 1. The Morgan fingerprint density at radius 3 is 2.56 bits per heavy atom. The molecule has 1 aromatic rings. The zero-order valence-corrected chi connectivity index (χ0v) is 9.22. The standard InChI is InChI=1S/C13H16O3/c14-9-11-1-3-13(4-2-11)16-10-12-5-7-15-8-6-12/h1-4,9,12H,5-8,10H2. The van der Waals surface area contributed by atoms with E-state index >= 15 is 0 Å². The van der Waals surface area contributed by atoms with Crippen molar-refractivity contribution in [2.75, 3.05) is 19.8 Å². The monoisotopic (exact) mass is 220 g/mol. The van der Waals surface area contributed by atoms with Crippen molar-refractivity contribution in [1.29, 1.82) is 0 Å². The minimum Gasteiger partial charge on any atom is -0.493 e. The van der Waals surface area contributed by atoms with Gasteiger partial charge in [0.15, 0.2) is 0 Å². The van der Waals surface area contributed by atoms with Gasteiger partial charge < -0.3 is 9.47 Å². The van der Waals surface area contributed by atoms with Crippen molar-refractivity contribution in [3.05, 3.63) is 29.8 Å². The smallest absolute Gasteiger partial charge is 0.150 e. The van der Waals surface area contributed by atoms with E-state index in [4.69, 9.17) is 9.47 Å². The molecule has 16 heavy (non-hydrogen) atoms. The van der Waals surface area contributed by atoms with E-state index in [1.807, 2.05) is 12.1 Å². The molecule has 0 N–H and O–H groups in total. The summed E-state index contributed by atoms with van der Waals surface area (Å²) in [7, 11) is 0. The van der Waals surface area contributed by atoms with Crippen molar-refractivity contribution in [1.82, 2.24) is 0 Å². The molecule has 0 saturated carbocycles. The highest BCUT2D eigenvalue weighted by Gasteiger charge is 2.14. The Morgan fingerprint density at radius 1 is 1.25 bits per heavy atom. The molecule has 1 saturated heterocycles. The summed E-state index contributed by atoms with van der Waals surface area (Å²) in [4.78, 5) is 10.5. The van der Waals surface area contributed by atoms with Crippen LogP contribution < -0.4 is 4.74 Å². The van der Waals surface area contributed by atoms with Gasteiger partial charge in [0, 0.05) is 18.8 Å². The van der Waals surface area contributed by atoms with Crippen LogP contribution in [0.5, 0.6) is 5.75 Å². The van der Waals surface area contributed by atoms with Crippen LogP contribution in [-0.2, 0) is 4.74 Å². The van der Waals surface area contributed by atoms with Crippen LogP contribution in [0.4, 0.5) is 0 Å². The van der Waals surface area contributed by atoms with E-state index in [0.717, 1.165) is 44.7 Å². The Morgan fingerprint density at radius 2 is 1.94 bits per heavy atom. The summed E-state index contributed by atoms with van der Waals surface area (Å²) in [6, 6.07) is 7.21. The minimum absolute atomic E-state index is 0.597. The molecule has 0 amide bonds. The number of ether oxygens (including phenoxy) is 2. The van der Waals surface area contributed by atoms with Gasteiger partial charge in [0.2, 0.25) is 0 Å². The van der Waals surface area contributed by atoms with E-state index < -0.39 is 0 Å². The zero-order chi connectivity index (χ0) is 11.2. The fraction of sp³-hybridized carbons (Fsp3) is 0.462. The normalized spacial score (nSPS) is 17.0. The Kier molecular flexibility index (Phi) is 3.94. The van der Waals surface area contributed by atoms with Crippen LogP contribution in [0.25, 0.3) is 0 Å². The van der Waals surface area contributed by atoms with Crippen LogP contribution in [0.1, 0.15) is 23.2 Å². The topological polar surface area (TPSA) is 35.5 Å². The van der Waals surface area contributed by atoms with Gasteiger partial charge in [-0.1, -0.05) is 0 Å². The van der Waals surface area contributed by atoms with Gasteiger partial charge in [0.1, 0.15) is 12.0 Å². The lowest BCUT2D eigenvalue weighted by atomic mass is 10.0. The van der Waals surface area contributed by atoms with Gasteiger partial charge in [-0.25, -0.2) is 0 Å². The molecule has 1 aromatic carbocycles. The van der Waals surface area contributed by atoms with E-state index in [1.165, 1.54) is 0 Å². The number of carbonyl (C=O) groups is 1. The van der Waals surface area contributed by atoms with Crippen molar-refractivity contribution < 1.29 is 14.3 Å². The Bertz CT molecular complexity index is 326. The fourth-order valence-corrected chi connectivity index (χ4v) is 1.77. The second kappa shape index (κ2) is 5.66. The molecular formula is C13H16O3. The third kappa shape index (κ3) is 3.07. The fourth-order valence-electron chi connectivity index (χ4n) is 1.77. The van der Waals surface area contributed by atoms with Gasteiger partial charge in [-0.2, -0.15) is 0 Å². The highest BCUT2D eigenvalue weighted by Crippen LogP contribution is 2.17. The lowest BCUT2D eigenvalue weighted by Gasteiger charge is -2.22. The van der Waals surface area contributed by atoms with E-state index in [0.29, 0.717) is 11.5 Å². The third-order valence-corrected chi connectivity index (χ3v) is 2.84. The van der Waals surface area contributed by atoms with E-state index in [9.17, 15) is 4.79 Å². The van der Waals surface area contributed by atoms with Gasteiger partial charge in [0.05, 0.1) is 6.61 Å². The van der Waals surface area contributed by atoms with Gasteiger partial charge in [-0.3, -0.25) is 4.79 Å². The molecule has 0 spiro atoms. The highest BCUT2D eigenvalue weighted by atomic mass is 16.5. The average molecular weight is 220 g/mol. The molecule has 3 nitrogen and oxygen atoms in total. The van der Waals surface area contributed by atoms with Crippen molar-refractivity contribution in [2.45, 2.75) is 12.8 Å². The van der Waals surface area contributed by atoms with Crippen molar-refractivity contribution in [2.24, 2.45) is 5.92 Å². The maximum Gasteiger partial charge on any atom is 0.150 e. The first kappa shape index (κ1) is 11.1. The molecule has 0 aliphatic carbocycles. The molecule has 0 atom stereocenters. The third-order valence-electron chi connectivity index (χ3n) is 2.84. The molecule has 0 radical (unpaired) electrons. The quantitative estimate of drug-likeness (QED) is 0.730. The molecule has 1 aliphatic rings. The molecule has 0 aromatic heterocycles. The van der Waals surface area contributed by atoms with Gasteiger partial charge >= 0.3 is 0 Å². The SMILES string of the molecule is O=Cc1ccc(OCC2CCOCC2)cc1. The average Bonchev–Trinajstić information content (AvgIpc) is 2.38. The maximum absolute atomic E-state index is 10.5. The maximum atomic E-state index is 10.5. The molecule has 86 valence electrons. The number of carbonyl (C=O) groups excluding carboxylic acids is 1. The van der Waals surface area contributed by atoms with E-state index in [2.05, 4.69) is 0 Å². The molecule has 0 bridgehead atoms. The van der Waals surface area contributed by atoms with Crippen LogP contribution in [0.15, 0.2) is 24.3 Å². The number of hydrogen-bond acceptors (Lipinski definition) is 3. The first-order chi connectivity index (χ1) is 7.88. The lowest BCUT2D eigenvalue weighted by Crippen LogP contribution is -2.21. The summed E-state index contributed by atoms with van der Waals surface area (Å²) in [5, 5.41) is 0. The summed E-state index contributed by atoms with van der Waals surface area (Å²) in [6.07, 6.45) is 2.99. The van der Waals surface area contributed by atoms with Crippen molar-refractivity contribution >= 4 is 6.29 Å². The zero-order valence-electron chi connectivity index (χ0n) is 9.22. The summed E-state index contributed by atoms with van der Waals surface area (Å²) in [5.74, 6) is 1.43. The first-order valence-corrected chi connectivity index (χ1v) is 5.64. The van der Waals surface area contributed by atoms with Crippen LogP contribution in [0.3, 0.4) is 0 Å². The number of rotatable bonds is 4. The molecule has 1 heterocycles. The second-order valence-corrected chi connectivity index (χ2v) is 4.05. The summed E-state index contributed by atoms with van der Waals surface area (Å²) >= 11 is 0. The molecular weight excluding hydrogens is 204 g/mol. The second-order valence-electron chi connectivity index (χ2n) is 4.05. The van der Waals surface area contributed by atoms with Crippen LogP contribution >= 0.6 is 0 Å². The van der Waals surface area contributed by atoms with Gasteiger partial charge in [-0.05, 0) is 43.0 Å². The first-order valence-electron chi connectivity index (χ1n) is 5.64. The Hall–Kier alpha value is -1.35. The van der Waals surface area contributed by atoms with Crippen LogP contribution in [0, 0.1) is 5.92 Å². The number of hydrogen-bond donors (Lipinski definition) is 0. The number of benzene rings is 1. The minimum atomic E-state index is 0.597. The predicted molar refractivity (Wildman–Crippen MR) is 60.9 cm³/mol. The summed E-state index contributed by atoms with van der Waals surface area (Å²) in [5.41, 5.74) is 0.679. The largest absolute Gasteiger partial charge is 0.493 e. The van der Waals surface area contributed by atoms with Gasteiger partial charge in [-0.15, -0.1) is 0 Å². The molecule has 2 rings (SSSR count). The summed E-state index contributed by atoms with van der Waals surface area (Å²) < 4.78 is 11.0. The molecule has 1 fully saturated rings. The predicted octanol–water partition coefficient (Wildman–Crippen LogP) is 2.30. The van der Waals surface area contributed by atoms with Crippen LogP contribution in [-0.4, -0.2) is 26.1 Å². The Balaban J connectivity index is 1.81. The van der Waals surface area contributed by atoms with Gasteiger partial charge in [0.25, 0.3) is 0 Å². The molecule has 0 unspecified atom stereocenters. The molecule has 1 aliphatic heterocycles. The molecule has 3 heteroatoms. The van der Waals surface area contributed by atoms with Crippen LogP contribution in [0.2, 0.25) is 0 Å². The highest BCUT2D eigenvalue weighted by molar-refractivity contribution is 5.74.